The predicted octanol–water partition coefficient (Wildman–Crippen LogP) is 0.924. The summed E-state index contributed by atoms with van der Waals surface area (Å²) in [6.07, 6.45) is 1.51. The van der Waals surface area contributed by atoms with Crippen LogP contribution in [0.5, 0.6) is 11.5 Å². The molecule has 3 rings (SSSR count). The van der Waals surface area contributed by atoms with E-state index < -0.39 is 20.0 Å². The number of rotatable bonds is 7. The standard InChI is InChI=1S/C18H26N4O6S2/c1-5-20-13-18(14(2)19-20)30(25,26)22-10-8-21(9-11-22)29(23,24)17-12-15(27-3)6-7-16(17)28-4/h6-7,12-13H,5,8-11H2,1-4H3. The normalized spacial score (nSPS) is 16.5. The van der Waals surface area contributed by atoms with E-state index in [1.807, 2.05) is 6.92 Å². The minimum absolute atomic E-state index is 0.0132. The van der Waals surface area contributed by atoms with Crippen molar-refractivity contribution >= 4 is 20.0 Å². The van der Waals surface area contributed by atoms with Gasteiger partial charge in [-0.2, -0.15) is 13.7 Å². The number of methoxy groups -OCH3 is 2. The number of piperazine rings is 1. The Kier molecular flexibility index (Phi) is 6.41. The molecule has 1 aliphatic heterocycles. The Hall–Kier alpha value is -2.15. The summed E-state index contributed by atoms with van der Waals surface area (Å²) in [7, 11) is -4.80. The first kappa shape index (κ1) is 22.5. The van der Waals surface area contributed by atoms with Crippen molar-refractivity contribution in [3.63, 3.8) is 0 Å². The molecule has 1 saturated heterocycles. The van der Waals surface area contributed by atoms with Crippen LogP contribution >= 0.6 is 0 Å². The van der Waals surface area contributed by atoms with E-state index in [0.29, 0.717) is 18.0 Å². The van der Waals surface area contributed by atoms with Gasteiger partial charge in [0.2, 0.25) is 20.0 Å². The van der Waals surface area contributed by atoms with Crippen molar-refractivity contribution in [1.82, 2.24) is 18.4 Å². The summed E-state index contributed by atoms with van der Waals surface area (Å²) in [5.74, 6) is 0.590. The Bertz CT molecular complexity index is 1120. The monoisotopic (exact) mass is 458 g/mol. The van der Waals surface area contributed by atoms with Gasteiger partial charge >= 0.3 is 0 Å². The summed E-state index contributed by atoms with van der Waals surface area (Å²) in [4.78, 5) is 0.135. The van der Waals surface area contributed by atoms with Crippen LogP contribution in [-0.4, -0.2) is 75.6 Å². The Morgan fingerprint density at radius 1 is 0.933 bits per heavy atom. The van der Waals surface area contributed by atoms with Crippen molar-refractivity contribution in [2.75, 3.05) is 40.4 Å². The van der Waals surface area contributed by atoms with Crippen molar-refractivity contribution < 1.29 is 26.3 Å². The number of aryl methyl sites for hydroxylation is 2. The van der Waals surface area contributed by atoms with Crippen molar-refractivity contribution in [3.8, 4) is 11.5 Å². The van der Waals surface area contributed by atoms with Gasteiger partial charge in [0.05, 0.1) is 19.9 Å². The van der Waals surface area contributed by atoms with Gasteiger partial charge in [-0.25, -0.2) is 16.8 Å². The zero-order valence-electron chi connectivity index (χ0n) is 17.4. The number of hydrogen-bond donors (Lipinski definition) is 0. The fraction of sp³-hybridized carbons (Fsp3) is 0.500. The molecule has 1 aromatic heterocycles. The molecule has 0 aliphatic carbocycles. The molecule has 166 valence electrons. The zero-order valence-corrected chi connectivity index (χ0v) is 19.0. The van der Waals surface area contributed by atoms with Gasteiger partial charge in [0.1, 0.15) is 21.3 Å². The zero-order chi connectivity index (χ0) is 22.1. The average molecular weight is 459 g/mol. The van der Waals surface area contributed by atoms with Crippen LogP contribution in [-0.2, 0) is 26.6 Å². The van der Waals surface area contributed by atoms with E-state index in [1.54, 1.807) is 17.7 Å². The molecule has 0 N–H and O–H groups in total. The lowest BCUT2D eigenvalue weighted by molar-refractivity contribution is 0.271. The molecule has 30 heavy (non-hydrogen) atoms. The molecule has 12 heteroatoms. The second kappa shape index (κ2) is 8.53. The lowest BCUT2D eigenvalue weighted by Gasteiger charge is -2.33. The average Bonchev–Trinajstić information content (AvgIpc) is 3.15. The van der Waals surface area contributed by atoms with Crippen LogP contribution in [0.3, 0.4) is 0 Å². The summed E-state index contributed by atoms with van der Waals surface area (Å²) in [5.41, 5.74) is 0.424. The summed E-state index contributed by atoms with van der Waals surface area (Å²) in [6, 6.07) is 4.54. The summed E-state index contributed by atoms with van der Waals surface area (Å²) in [5, 5.41) is 4.20. The summed E-state index contributed by atoms with van der Waals surface area (Å²) < 4.78 is 66.8. The maximum atomic E-state index is 13.2. The third-order valence-electron chi connectivity index (χ3n) is 5.03. The summed E-state index contributed by atoms with van der Waals surface area (Å²) >= 11 is 0. The van der Waals surface area contributed by atoms with Gasteiger partial charge in [-0.15, -0.1) is 0 Å². The molecule has 0 spiro atoms. The van der Waals surface area contributed by atoms with Crippen LogP contribution in [0.1, 0.15) is 12.6 Å². The van der Waals surface area contributed by atoms with Crippen LogP contribution in [0.2, 0.25) is 0 Å². The molecule has 1 fully saturated rings. The lowest BCUT2D eigenvalue weighted by atomic mass is 10.3. The molecule has 2 heterocycles. The highest BCUT2D eigenvalue weighted by Crippen LogP contribution is 2.31. The largest absolute Gasteiger partial charge is 0.497 e. The molecule has 0 bridgehead atoms. The maximum absolute atomic E-state index is 13.2. The smallest absolute Gasteiger partial charge is 0.246 e. The maximum Gasteiger partial charge on any atom is 0.246 e. The van der Waals surface area contributed by atoms with Gasteiger partial charge in [-0.05, 0) is 26.0 Å². The molecule has 10 nitrogen and oxygen atoms in total. The Labute approximate surface area is 177 Å². The quantitative estimate of drug-likeness (QED) is 0.607. The van der Waals surface area contributed by atoms with E-state index in [4.69, 9.17) is 9.47 Å². The third-order valence-corrected chi connectivity index (χ3v) is 8.95. The second-order valence-corrected chi connectivity index (χ2v) is 10.6. The van der Waals surface area contributed by atoms with Crippen molar-refractivity contribution in [3.05, 3.63) is 30.1 Å². The van der Waals surface area contributed by atoms with Crippen molar-refractivity contribution in [2.24, 2.45) is 0 Å². The third kappa shape index (κ3) is 4.04. The topological polar surface area (TPSA) is 111 Å². The molecule has 0 atom stereocenters. The Morgan fingerprint density at radius 2 is 1.50 bits per heavy atom. The van der Waals surface area contributed by atoms with Crippen molar-refractivity contribution in [1.29, 1.82) is 0 Å². The van der Waals surface area contributed by atoms with Crippen molar-refractivity contribution in [2.45, 2.75) is 30.2 Å². The molecule has 2 aromatic rings. The number of hydrogen-bond acceptors (Lipinski definition) is 7. The predicted molar refractivity (Wildman–Crippen MR) is 110 cm³/mol. The number of benzene rings is 1. The fourth-order valence-electron chi connectivity index (χ4n) is 3.33. The van der Waals surface area contributed by atoms with E-state index in [9.17, 15) is 16.8 Å². The first-order valence-electron chi connectivity index (χ1n) is 9.41. The highest BCUT2D eigenvalue weighted by Gasteiger charge is 2.36. The number of nitrogens with zero attached hydrogens (tertiary/aromatic N) is 4. The van der Waals surface area contributed by atoms with Gasteiger partial charge in [0.25, 0.3) is 0 Å². The van der Waals surface area contributed by atoms with E-state index in [-0.39, 0.29) is 41.7 Å². The van der Waals surface area contributed by atoms with E-state index in [0.717, 1.165) is 0 Å². The molecule has 1 aromatic carbocycles. The number of sulfonamides is 2. The summed E-state index contributed by atoms with van der Waals surface area (Å²) in [6.45, 7) is 4.24. The molecule has 1 aliphatic rings. The Balaban J connectivity index is 1.82. The van der Waals surface area contributed by atoms with Crippen LogP contribution in [0.15, 0.2) is 34.2 Å². The number of ether oxygens (including phenoxy) is 2. The first-order chi connectivity index (χ1) is 14.1. The van der Waals surface area contributed by atoms with Gasteiger partial charge < -0.3 is 9.47 Å². The van der Waals surface area contributed by atoms with Crippen LogP contribution < -0.4 is 9.47 Å². The van der Waals surface area contributed by atoms with E-state index in [2.05, 4.69) is 5.10 Å². The minimum Gasteiger partial charge on any atom is -0.497 e. The first-order valence-corrected chi connectivity index (χ1v) is 12.3. The molecule has 0 amide bonds. The van der Waals surface area contributed by atoms with Gasteiger partial charge in [0, 0.05) is 45.0 Å². The lowest BCUT2D eigenvalue weighted by Crippen LogP contribution is -2.50. The van der Waals surface area contributed by atoms with E-state index >= 15 is 0 Å². The molecular weight excluding hydrogens is 432 g/mol. The number of aromatic nitrogens is 2. The Morgan fingerprint density at radius 3 is 1.97 bits per heavy atom. The molecular formula is C18H26N4O6S2. The SMILES string of the molecule is CCn1cc(S(=O)(=O)N2CCN(S(=O)(=O)c3cc(OC)ccc3OC)CC2)c(C)n1. The molecule has 0 saturated carbocycles. The van der Waals surface area contributed by atoms with Crippen LogP contribution in [0.25, 0.3) is 0 Å². The van der Waals surface area contributed by atoms with Gasteiger partial charge in [-0.3, -0.25) is 4.68 Å². The van der Waals surface area contributed by atoms with E-state index in [1.165, 1.54) is 41.2 Å². The highest BCUT2D eigenvalue weighted by atomic mass is 32.2. The molecule has 0 radical (unpaired) electrons. The second-order valence-electron chi connectivity index (χ2n) is 6.76. The fourth-order valence-corrected chi connectivity index (χ4v) is 6.51. The minimum atomic E-state index is -3.89. The highest BCUT2D eigenvalue weighted by molar-refractivity contribution is 7.89. The molecule has 0 unspecified atom stereocenters. The van der Waals surface area contributed by atoms with Gasteiger partial charge in [-0.1, -0.05) is 0 Å². The van der Waals surface area contributed by atoms with Crippen LogP contribution in [0.4, 0.5) is 0 Å². The van der Waals surface area contributed by atoms with Gasteiger partial charge in [0.15, 0.2) is 0 Å². The van der Waals surface area contributed by atoms with Crippen LogP contribution in [0, 0.1) is 6.92 Å².